The van der Waals surface area contributed by atoms with Crippen molar-refractivity contribution in [3.05, 3.63) is 95.1 Å². The third-order valence-electron chi connectivity index (χ3n) is 6.29. The van der Waals surface area contributed by atoms with Gasteiger partial charge < -0.3 is 10.4 Å². The van der Waals surface area contributed by atoms with Gasteiger partial charge in [0.15, 0.2) is 0 Å². The molecule has 0 fully saturated rings. The van der Waals surface area contributed by atoms with Gasteiger partial charge in [-0.1, -0.05) is 85.7 Å². The number of hydrogen-bond donors (Lipinski definition) is 2. The molecule has 2 aromatic rings. The maximum Gasteiger partial charge on any atom is 0.248 e. The summed E-state index contributed by atoms with van der Waals surface area (Å²) in [6, 6.07) is 11.1. The summed E-state index contributed by atoms with van der Waals surface area (Å²) in [7, 11) is 0. The van der Waals surface area contributed by atoms with Crippen molar-refractivity contribution in [3.8, 4) is 5.75 Å². The molecule has 0 atom stereocenters. The number of hydrogen-bond acceptors (Lipinski definition) is 2. The van der Waals surface area contributed by atoms with Crippen LogP contribution in [0.15, 0.2) is 95.1 Å². The Morgan fingerprint density at radius 1 is 1.06 bits per heavy atom. The predicted molar refractivity (Wildman–Crippen MR) is 140 cm³/mol. The molecule has 0 radical (unpaired) electrons. The Kier molecular flexibility index (Phi) is 7.75. The summed E-state index contributed by atoms with van der Waals surface area (Å²) in [4.78, 5) is 12.5. The fourth-order valence-corrected chi connectivity index (χ4v) is 4.44. The number of carbonyl (C=O) groups excluding carboxylic acids is 1. The van der Waals surface area contributed by atoms with Gasteiger partial charge in [0, 0.05) is 11.5 Å². The van der Waals surface area contributed by atoms with Crippen LogP contribution in [0.2, 0.25) is 0 Å². The average Bonchev–Trinajstić information content (AvgIpc) is 2.75. The van der Waals surface area contributed by atoms with E-state index in [4.69, 9.17) is 0 Å². The van der Waals surface area contributed by atoms with E-state index >= 15 is 0 Å². The van der Waals surface area contributed by atoms with Gasteiger partial charge in [-0.3, -0.25) is 4.79 Å². The van der Waals surface area contributed by atoms with Gasteiger partial charge >= 0.3 is 0 Å². The predicted octanol–water partition coefficient (Wildman–Crippen LogP) is 8.02. The molecule has 3 rings (SSSR count). The quantitative estimate of drug-likeness (QED) is 0.271. The highest BCUT2D eigenvalue weighted by Gasteiger charge is 2.26. The third-order valence-corrected chi connectivity index (χ3v) is 6.29. The minimum atomic E-state index is -0.272. The van der Waals surface area contributed by atoms with Crippen molar-refractivity contribution < 1.29 is 9.90 Å². The number of benzene rings is 2. The lowest BCUT2D eigenvalue weighted by Crippen LogP contribution is -2.19. The first-order chi connectivity index (χ1) is 15.7. The molecule has 172 valence electrons. The molecule has 0 aromatic heterocycles. The standard InChI is InChI=1S/C30H35NO2/c1-21(15-17-26-23(3)12-9-19-30(26,4)5)10-8-11-22(2)20-28(33)31-29-25-14-7-6-13-24(25)16-18-27(29)32/h6-8,10-11,13-18,20,32H,9,12,19H2,1-5H3,(H,31,33). The number of carbonyl (C=O) groups is 1. The van der Waals surface area contributed by atoms with Gasteiger partial charge in [-0.15, -0.1) is 0 Å². The first-order valence-electron chi connectivity index (χ1n) is 11.6. The van der Waals surface area contributed by atoms with E-state index in [1.807, 2.05) is 55.5 Å². The summed E-state index contributed by atoms with van der Waals surface area (Å²) in [6.07, 6.45) is 15.6. The number of aromatic hydroxyl groups is 1. The van der Waals surface area contributed by atoms with E-state index in [1.165, 1.54) is 36.5 Å². The molecule has 0 bridgehead atoms. The van der Waals surface area contributed by atoms with Gasteiger partial charge in [-0.25, -0.2) is 0 Å². The molecule has 0 unspecified atom stereocenters. The maximum absolute atomic E-state index is 12.5. The van der Waals surface area contributed by atoms with Gasteiger partial charge in [0.25, 0.3) is 0 Å². The van der Waals surface area contributed by atoms with Gasteiger partial charge in [-0.05, 0) is 68.0 Å². The molecule has 3 nitrogen and oxygen atoms in total. The van der Waals surface area contributed by atoms with E-state index in [0.717, 1.165) is 21.9 Å². The molecule has 33 heavy (non-hydrogen) atoms. The molecule has 1 aliphatic rings. The molecule has 2 aromatic carbocycles. The zero-order chi connectivity index (χ0) is 24.0. The second-order valence-corrected chi connectivity index (χ2v) is 9.59. The normalized spacial score (nSPS) is 17.4. The number of anilines is 1. The Morgan fingerprint density at radius 2 is 1.82 bits per heavy atom. The third kappa shape index (κ3) is 6.35. The van der Waals surface area contributed by atoms with E-state index in [1.54, 1.807) is 6.07 Å². The summed E-state index contributed by atoms with van der Waals surface area (Å²) < 4.78 is 0. The molecule has 0 saturated heterocycles. The first kappa shape index (κ1) is 24.3. The SMILES string of the molecule is CC(C=CC1=C(C)CCCC1(C)C)=CC=CC(C)=CC(=O)Nc1c(O)ccc2ccccc12. The second kappa shape index (κ2) is 10.5. The van der Waals surface area contributed by atoms with Crippen LogP contribution in [-0.4, -0.2) is 11.0 Å². The van der Waals surface area contributed by atoms with Crippen LogP contribution in [0, 0.1) is 5.41 Å². The zero-order valence-corrected chi connectivity index (χ0v) is 20.4. The maximum atomic E-state index is 12.5. The summed E-state index contributed by atoms with van der Waals surface area (Å²) >= 11 is 0. The van der Waals surface area contributed by atoms with Crippen LogP contribution in [0.5, 0.6) is 5.75 Å². The first-order valence-corrected chi connectivity index (χ1v) is 11.6. The van der Waals surface area contributed by atoms with Crippen LogP contribution >= 0.6 is 0 Å². The summed E-state index contributed by atoms with van der Waals surface area (Å²) in [5, 5.41) is 14.8. The molecule has 2 N–H and O–H groups in total. The monoisotopic (exact) mass is 441 g/mol. The minimum Gasteiger partial charge on any atom is -0.506 e. The molecule has 1 aliphatic carbocycles. The van der Waals surface area contributed by atoms with Crippen LogP contribution in [0.1, 0.15) is 53.9 Å². The van der Waals surface area contributed by atoms with Crippen LogP contribution < -0.4 is 5.32 Å². The lowest BCUT2D eigenvalue weighted by Gasteiger charge is -2.32. The molecular weight excluding hydrogens is 406 g/mol. The fourth-order valence-electron chi connectivity index (χ4n) is 4.44. The summed E-state index contributed by atoms with van der Waals surface area (Å²) in [5.74, 6) is -0.216. The highest BCUT2D eigenvalue weighted by molar-refractivity contribution is 6.08. The van der Waals surface area contributed by atoms with E-state index in [-0.39, 0.29) is 17.1 Å². The topological polar surface area (TPSA) is 49.3 Å². The Bertz CT molecular complexity index is 1190. The molecule has 0 saturated carbocycles. The van der Waals surface area contributed by atoms with Gasteiger partial charge in [0.2, 0.25) is 5.91 Å². The van der Waals surface area contributed by atoms with Crippen molar-refractivity contribution in [1.82, 2.24) is 0 Å². The number of phenolic OH excluding ortho intramolecular Hbond substituents is 1. The number of amides is 1. The van der Waals surface area contributed by atoms with Crippen molar-refractivity contribution in [1.29, 1.82) is 0 Å². The number of allylic oxidation sites excluding steroid dienone is 9. The lowest BCUT2D eigenvalue weighted by molar-refractivity contribution is -0.111. The Balaban J connectivity index is 1.66. The minimum absolute atomic E-state index is 0.0560. The lowest BCUT2D eigenvalue weighted by atomic mass is 9.72. The number of nitrogens with one attached hydrogen (secondary N) is 1. The van der Waals surface area contributed by atoms with E-state index in [0.29, 0.717) is 5.69 Å². The van der Waals surface area contributed by atoms with E-state index in [9.17, 15) is 9.90 Å². The number of phenols is 1. The second-order valence-electron chi connectivity index (χ2n) is 9.59. The highest BCUT2D eigenvalue weighted by atomic mass is 16.3. The van der Waals surface area contributed by atoms with Crippen LogP contribution in [0.25, 0.3) is 10.8 Å². The molecule has 0 aliphatic heterocycles. The van der Waals surface area contributed by atoms with Crippen molar-refractivity contribution in [2.75, 3.05) is 5.32 Å². The fraction of sp³-hybridized carbons (Fsp3) is 0.300. The van der Waals surface area contributed by atoms with Crippen LogP contribution in [0.4, 0.5) is 5.69 Å². The molecule has 0 heterocycles. The van der Waals surface area contributed by atoms with Crippen molar-refractivity contribution in [2.45, 2.75) is 53.9 Å². The molecule has 0 spiro atoms. The number of rotatable bonds is 6. The van der Waals surface area contributed by atoms with Crippen molar-refractivity contribution in [2.24, 2.45) is 5.41 Å². The largest absolute Gasteiger partial charge is 0.506 e. The Morgan fingerprint density at radius 3 is 2.58 bits per heavy atom. The Hall–Kier alpha value is -3.33. The highest BCUT2D eigenvalue weighted by Crippen LogP contribution is 2.40. The van der Waals surface area contributed by atoms with Gasteiger partial charge in [0.1, 0.15) is 5.75 Å². The van der Waals surface area contributed by atoms with E-state index in [2.05, 4.69) is 45.2 Å². The number of fused-ring (bicyclic) bond motifs is 1. The smallest absolute Gasteiger partial charge is 0.248 e. The van der Waals surface area contributed by atoms with Gasteiger partial charge in [-0.2, -0.15) is 0 Å². The summed E-state index contributed by atoms with van der Waals surface area (Å²) in [5.41, 5.74) is 5.60. The molecule has 3 heteroatoms. The van der Waals surface area contributed by atoms with Crippen LogP contribution in [-0.2, 0) is 4.79 Å². The summed E-state index contributed by atoms with van der Waals surface area (Å²) in [6.45, 7) is 10.9. The average molecular weight is 442 g/mol. The molecular formula is C30H35NO2. The Labute approximate surface area is 197 Å². The zero-order valence-electron chi connectivity index (χ0n) is 20.4. The molecule has 1 amide bonds. The van der Waals surface area contributed by atoms with Crippen molar-refractivity contribution >= 4 is 22.4 Å². The van der Waals surface area contributed by atoms with Gasteiger partial charge in [0.05, 0.1) is 5.69 Å². The van der Waals surface area contributed by atoms with Crippen molar-refractivity contribution in [3.63, 3.8) is 0 Å². The van der Waals surface area contributed by atoms with Crippen LogP contribution in [0.3, 0.4) is 0 Å². The van der Waals surface area contributed by atoms with E-state index < -0.39 is 0 Å².